The average molecular weight is 532 g/mol. The monoisotopic (exact) mass is 531 g/mol. The summed E-state index contributed by atoms with van der Waals surface area (Å²) in [4.78, 5) is 4.25. The van der Waals surface area contributed by atoms with Crippen molar-refractivity contribution in [2.45, 2.75) is 18.9 Å². The number of halogens is 2. The lowest BCUT2D eigenvalue weighted by atomic mass is 10.0. The van der Waals surface area contributed by atoms with Crippen LogP contribution >= 0.6 is 35.6 Å². The minimum Gasteiger partial charge on any atom is -0.489 e. The predicted molar refractivity (Wildman–Crippen MR) is 127 cm³/mol. The number of aliphatic hydroxyl groups is 1. The lowest BCUT2D eigenvalue weighted by Gasteiger charge is -2.18. The molecular weight excluding hydrogens is 505 g/mol. The first-order chi connectivity index (χ1) is 13.7. The van der Waals surface area contributed by atoms with Gasteiger partial charge in [-0.1, -0.05) is 41.9 Å². The largest absolute Gasteiger partial charge is 0.489 e. The zero-order valence-electron chi connectivity index (χ0n) is 16.4. The van der Waals surface area contributed by atoms with E-state index in [0.717, 1.165) is 17.5 Å². The lowest BCUT2D eigenvalue weighted by molar-refractivity contribution is 0.265. The maximum Gasteiger partial charge on any atom is 0.191 e. The molecule has 6 nitrogen and oxygen atoms in total. The fourth-order valence-corrected chi connectivity index (χ4v) is 3.31. The summed E-state index contributed by atoms with van der Waals surface area (Å²) in [6.07, 6.45) is 0.836. The number of aliphatic imine (C=N–C) groups is 1. The van der Waals surface area contributed by atoms with Gasteiger partial charge in [0, 0.05) is 32.5 Å². The molecule has 1 unspecified atom stereocenters. The highest BCUT2D eigenvalue weighted by molar-refractivity contribution is 14.0. The van der Waals surface area contributed by atoms with Crippen LogP contribution in [0.4, 0.5) is 0 Å². The molecule has 1 atom stereocenters. The Morgan fingerprint density at radius 3 is 2.66 bits per heavy atom. The Morgan fingerprint density at radius 2 is 1.93 bits per heavy atom. The van der Waals surface area contributed by atoms with Crippen molar-refractivity contribution in [1.29, 1.82) is 0 Å². The number of hydrogen-bond acceptors (Lipinski definition) is 4. The van der Waals surface area contributed by atoms with Gasteiger partial charge in [-0.15, -0.1) is 24.0 Å². The van der Waals surface area contributed by atoms with Gasteiger partial charge >= 0.3 is 0 Å². The molecule has 3 rings (SSSR count). The zero-order chi connectivity index (χ0) is 19.8. The van der Waals surface area contributed by atoms with Crippen LogP contribution in [-0.2, 0) is 6.54 Å². The fraction of sp³-hybridized carbons (Fsp3) is 0.381. The summed E-state index contributed by atoms with van der Waals surface area (Å²) < 4.78 is 11.4. The SMILES string of the molecule is CN=C(NCc1cc(Cl)c2c(c1)OCCCO2)NCC(CO)c1ccccc1.I. The van der Waals surface area contributed by atoms with Gasteiger partial charge in [-0.2, -0.15) is 0 Å². The highest BCUT2D eigenvalue weighted by Crippen LogP contribution is 2.37. The molecule has 0 bridgehead atoms. The third kappa shape index (κ3) is 6.65. The first kappa shape index (κ1) is 23.6. The van der Waals surface area contributed by atoms with Crippen LogP contribution in [0.3, 0.4) is 0 Å². The van der Waals surface area contributed by atoms with E-state index in [9.17, 15) is 5.11 Å². The van der Waals surface area contributed by atoms with Crippen molar-refractivity contribution < 1.29 is 14.6 Å². The smallest absolute Gasteiger partial charge is 0.191 e. The minimum atomic E-state index is -0.00719. The molecule has 0 saturated heterocycles. The maximum absolute atomic E-state index is 9.70. The van der Waals surface area contributed by atoms with E-state index in [1.165, 1.54) is 0 Å². The molecule has 1 heterocycles. The standard InChI is InChI=1S/C21H26ClN3O3.HI/c1-23-21(25-13-17(14-26)16-6-3-2-4-7-16)24-12-15-10-18(22)20-19(11-15)27-8-5-9-28-20;/h2-4,6-7,10-11,17,26H,5,8-9,12-14H2,1H3,(H2,23,24,25);1H. The van der Waals surface area contributed by atoms with Gasteiger partial charge in [0.25, 0.3) is 0 Å². The number of rotatable bonds is 6. The Labute approximate surface area is 193 Å². The van der Waals surface area contributed by atoms with Gasteiger partial charge < -0.3 is 25.2 Å². The molecule has 2 aromatic carbocycles. The van der Waals surface area contributed by atoms with Gasteiger partial charge in [0.2, 0.25) is 0 Å². The first-order valence-electron chi connectivity index (χ1n) is 9.39. The maximum atomic E-state index is 9.70. The van der Waals surface area contributed by atoms with Crippen LogP contribution in [0.1, 0.15) is 23.5 Å². The highest BCUT2D eigenvalue weighted by Gasteiger charge is 2.16. The summed E-state index contributed by atoms with van der Waals surface area (Å²) in [5.41, 5.74) is 2.06. The Morgan fingerprint density at radius 1 is 1.17 bits per heavy atom. The Balaban J connectivity index is 0.00000300. The van der Waals surface area contributed by atoms with Crippen LogP contribution in [0.5, 0.6) is 11.5 Å². The van der Waals surface area contributed by atoms with Gasteiger partial charge in [-0.05, 0) is 23.3 Å². The van der Waals surface area contributed by atoms with E-state index in [-0.39, 0.29) is 36.5 Å². The van der Waals surface area contributed by atoms with Crippen molar-refractivity contribution in [2.24, 2.45) is 4.99 Å². The molecule has 8 heteroatoms. The summed E-state index contributed by atoms with van der Waals surface area (Å²) in [5.74, 6) is 1.93. The van der Waals surface area contributed by atoms with Crippen molar-refractivity contribution in [3.05, 3.63) is 58.6 Å². The summed E-state index contributed by atoms with van der Waals surface area (Å²) in [6.45, 7) is 2.39. The van der Waals surface area contributed by atoms with Gasteiger partial charge in [-0.25, -0.2) is 0 Å². The molecule has 1 aliphatic rings. The third-order valence-electron chi connectivity index (χ3n) is 4.55. The van der Waals surface area contributed by atoms with E-state index in [1.54, 1.807) is 7.05 Å². The molecule has 2 aromatic rings. The number of fused-ring (bicyclic) bond motifs is 1. The summed E-state index contributed by atoms with van der Waals surface area (Å²) in [7, 11) is 1.72. The summed E-state index contributed by atoms with van der Waals surface area (Å²) in [6, 6.07) is 13.7. The molecule has 3 N–H and O–H groups in total. The van der Waals surface area contributed by atoms with E-state index in [2.05, 4.69) is 15.6 Å². The normalized spacial score (nSPS) is 14.4. The van der Waals surface area contributed by atoms with E-state index in [1.807, 2.05) is 42.5 Å². The molecule has 0 fully saturated rings. The van der Waals surface area contributed by atoms with Crippen LogP contribution < -0.4 is 20.1 Å². The molecule has 0 saturated carbocycles. The Kier molecular flexibility index (Phi) is 9.83. The molecule has 29 heavy (non-hydrogen) atoms. The van der Waals surface area contributed by atoms with E-state index in [4.69, 9.17) is 21.1 Å². The van der Waals surface area contributed by atoms with Crippen molar-refractivity contribution in [1.82, 2.24) is 10.6 Å². The number of benzene rings is 2. The van der Waals surface area contributed by atoms with Crippen LogP contribution in [0, 0.1) is 0 Å². The topological polar surface area (TPSA) is 75.1 Å². The van der Waals surface area contributed by atoms with Gasteiger partial charge in [-0.3, -0.25) is 4.99 Å². The molecule has 0 aliphatic carbocycles. The Bertz CT molecular complexity index is 805. The van der Waals surface area contributed by atoms with Crippen molar-refractivity contribution in [3.8, 4) is 11.5 Å². The number of hydrogen-bond donors (Lipinski definition) is 3. The number of aliphatic hydroxyl groups excluding tert-OH is 1. The van der Waals surface area contributed by atoms with Crippen molar-refractivity contribution in [3.63, 3.8) is 0 Å². The van der Waals surface area contributed by atoms with E-state index >= 15 is 0 Å². The molecular formula is C21H27ClIN3O3. The number of guanidine groups is 1. The lowest BCUT2D eigenvalue weighted by Crippen LogP contribution is -2.39. The van der Waals surface area contributed by atoms with Gasteiger partial charge in [0.1, 0.15) is 0 Å². The number of nitrogens with one attached hydrogen (secondary N) is 2. The van der Waals surface area contributed by atoms with E-state index in [0.29, 0.717) is 48.8 Å². The first-order valence-corrected chi connectivity index (χ1v) is 9.77. The van der Waals surface area contributed by atoms with Crippen LogP contribution in [0.2, 0.25) is 5.02 Å². The second kappa shape index (κ2) is 12.1. The highest BCUT2D eigenvalue weighted by atomic mass is 127. The predicted octanol–water partition coefficient (Wildman–Crippen LogP) is 3.56. The molecule has 0 spiro atoms. The van der Waals surface area contributed by atoms with Crippen LogP contribution in [-0.4, -0.2) is 44.5 Å². The minimum absolute atomic E-state index is 0. The van der Waals surface area contributed by atoms with Gasteiger partial charge in [0.15, 0.2) is 17.5 Å². The molecule has 0 aromatic heterocycles. The number of ether oxygens (including phenoxy) is 2. The summed E-state index contributed by atoms with van der Waals surface area (Å²) in [5, 5.41) is 16.8. The number of nitrogens with zero attached hydrogens (tertiary/aromatic N) is 1. The van der Waals surface area contributed by atoms with Crippen LogP contribution in [0.15, 0.2) is 47.5 Å². The third-order valence-corrected chi connectivity index (χ3v) is 4.83. The molecule has 0 radical (unpaired) electrons. The molecule has 158 valence electrons. The quantitative estimate of drug-likeness (QED) is 0.302. The molecule has 0 amide bonds. The van der Waals surface area contributed by atoms with Crippen molar-refractivity contribution in [2.75, 3.05) is 33.4 Å². The Hall–Kier alpha value is -1.71. The summed E-state index contributed by atoms with van der Waals surface area (Å²) >= 11 is 6.35. The zero-order valence-corrected chi connectivity index (χ0v) is 19.4. The van der Waals surface area contributed by atoms with Crippen LogP contribution in [0.25, 0.3) is 0 Å². The van der Waals surface area contributed by atoms with Gasteiger partial charge in [0.05, 0.1) is 24.8 Å². The average Bonchev–Trinajstić information content (AvgIpc) is 2.97. The second-order valence-corrected chi connectivity index (χ2v) is 6.96. The van der Waals surface area contributed by atoms with E-state index < -0.39 is 0 Å². The fourth-order valence-electron chi connectivity index (χ4n) is 3.03. The molecule has 1 aliphatic heterocycles. The second-order valence-electron chi connectivity index (χ2n) is 6.55. The van der Waals surface area contributed by atoms with Crippen molar-refractivity contribution >= 4 is 41.5 Å².